The van der Waals surface area contributed by atoms with Gasteiger partial charge in [0.25, 0.3) is 11.5 Å². The van der Waals surface area contributed by atoms with Crippen LogP contribution in [-0.4, -0.2) is 22.0 Å². The average molecular weight is 374 g/mol. The Bertz CT molecular complexity index is 1000. The van der Waals surface area contributed by atoms with E-state index in [0.717, 1.165) is 16.3 Å². The van der Waals surface area contributed by atoms with Crippen LogP contribution in [0.1, 0.15) is 21.7 Å². The van der Waals surface area contributed by atoms with Gasteiger partial charge in [-0.1, -0.05) is 23.7 Å². The van der Waals surface area contributed by atoms with E-state index in [4.69, 9.17) is 16.0 Å². The van der Waals surface area contributed by atoms with Gasteiger partial charge in [-0.3, -0.25) is 14.2 Å². The number of aromatic amines is 1. The maximum absolute atomic E-state index is 12.5. The first kappa shape index (κ1) is 17.8. The van der Waals surface area contributed by atoms with Crippen LogP contribution >= 0.6 is 11.6 Å². The lowest BCUT2D eigenvalue weighted by atomic mass is 10.1. The molecule has 7 nitrogen and oxygen atoms in total. The van der Waals surface area contributed by atoms with Crippen molar-refractivity contribution < 1.29 is 9.21 Å². The van der Waals surface area contributed by atoms with Gasteiger partial charge >= 0.3 is 5.69 Å². The lowest BCUT2D eigenvalue weighted by Gasteiger charge is -2.07. The van der Waals surface area contributed by atoms with E-state index < -0.39 is 17.2 Å². The lowest BCUT2D eigenvalue weighted by molar-refractivity contribution is 0.0951. The Labute approximate surface area is 153 Å². The Hall–Kier alpha value is -3.06. The van der Waals surface area contributed by atoms with E-state index in [2.05, 4.69) is 10.3 Å². The summed E-state index contributed by atoms with van der Waals surface area (Å²) in [5.41, 5.74) is -0.406. The number of aromatic nitrogens is 2. The molecule has 0 saturated carbocycles. The normalized spacial score (nSPS) is 10.7. The van der Waals surface area contributed by atoms with Crippen LogP contribution in [0.2, 0.25) is 5.02 Å². The largest absolute Gasteiger partial charge is 0.467 e. The van der Waals surface area contributed by atoms with Gasteiger partial charge < -0.3 is 14.7 Å². The zero-order chi connectivity index (χ0) is 18.5. The number of furan rings is 1. The number of benzene rings is 1. The Balaban J connectivity index is 1.70. The van der Waals surface area contributed by atoms with Gasteiger partial charge in [-0.15, -0.1) is 0 Å². The molecule has 26 heavy (non-hydrogen) atoms. The molecule has 0 aliphatic carbocycles. The summed E-state index contributed by atoms with van der Waals surface area (Å²) in [6, 6.07) is 10.6. The molecule has 0 aliphatic rings. The third-order valence-electron chi connectivity index (χ3n) is 3.81. The molecule has 3 rings (SSSR count). The molecule has 2 heterocycles. The molecule has 3 aromatic rings. The fourth-order valence-corrected chi connectivity index (χ4v) is 2.57. The highest BCUT2D eigenvalue weighted by Gasteiger charge is 2.15. The molecule has 2 aromatic heterocycles. The molecule has 0 unspecified atom stereocenters. The van der Waals surface area contributed by atoms with E-state index >= 15 is 0 Å². The molecule has 1 aromatic carbocycles. The van der Waals surface area contributed by atoms with Gasteiger partial charge in [-0.05, 0) is 36.2 Å². The molecule has 134 valence electrons. The Morgan fingerprint density at radius 2 is 1.96 bits per heavy atom. The lowest BCUT2D eigenvalue weighted by Crippen LogP contribution is -2.41. The van der Waals surface area contributed by atoms with Crippen molar-refractivity contribution in [3.63, 3.8) is 0 Å². The van der Waals surface area contributed by atoms with E-state index in [1.807, 2.05) is 12.1 Å². The number of nitrogens with one attached hydrogen (secondary N) is 2. The van der Waals surface area contributed by atoms with E-state index in [1.54, 1.807) is 24.3 Å². The number of halogens is 1. The van der Waals surface area contributed by atoms with Crippen molar-refractivity contribution in [2.24, 2.45) is 0 Å². The second kappa shape index (κ2) is 7.88. The number of nitrogens with zero attached hydrogens (tertiary/aromatic N) is 1. The molecular weight excluding hydrogens is 358 g/mol. The van der Waals surface area contributed by atoms with Gasteiger partial charge in [0.15, 0.2) is 0 Å². The summed E-state index contributed by atoms with van der Waals surface area (Å²) in [5, 5.41) is 3.32. The molecule has 0 bridgehead atoms. The summed E-state index contributed by atoms with van der Waals surface area (Å²) in [7, 11) is 0. The second-order valence-corrected chi connectivity index (χ2v) is 6.05. The van der Waals surface area contributed by atoms with Gasteiger partial charge in [0.1, 0.15) is 11.3 Å². The maximum atomic E-state index is 12.5. The predicted molar refractivity (Wildman–Crippen MR) is 96.6 cm³/mol. The summed E-state index contributed by atoms with van der Waals surface area (Å²) in [6.45, 7) is 0.296. The van der Waals surface area contributed by atoms with Gasteiger partial charge in [0.05, 0.1) is 12.8 Å². The summed E-state index contributed by atoms with van der Waals surface area (Å²) >= 11 is 5.83. The Morgan fingerprint density at radius 1 is 1.19 bits per heavy atom. The van der Waals surface area contributed by atoms with E-state index in [-0.39, 0.29) is 12.1 Å². The van der Waals surface area contributed by atoms with Crippen LogP contribution < -0.4 is 16.6 Å². The second-order valence-electron chi connectivity index (χ2n) is 5.61. The van der Waals surface area contributed by atoms with Crippen LogP contribution in [0.3, 0.4) is 0 Å². The van der Waals surface area contributed by atoms with Crippen molar-refractivity contribution in [3.8, 4) is 0 Å². The number of amides is 1. The summed E-state index contributed by atoms with van der Waals surface area (Å²) in [4.78, 5) is 39.0. The Kier molecular flexibility index (Phi) is 5.38. The van der Waals surface area contributed by atoms with Crippen LogP contribution in [0.5, 0.6) is 0 Å². The van der Waals surface area contributed by atoms with Crippen molar-refractivity contribution in [2.75, 3.05) is 6.54 Å². The first-order valence-corrected chi connectivity index (χ1v) is 8.30. The van der Waals surface area contributed by atoms with Gasteiger partial charge in [0, 0.05) is 17.8 Å². The molecule has 0 spiro atoms. The van der Waals surface area contributed by atoms with Crippen LogP contribution in [0.25, 0.3) is 0 Å². The number of H-pyrrole nitrogens is 1. The topological polar surface area (TPSA) is 97.1 Å². The SMILES string of the molecule is O=C(NCCc1ccc(Cl)cc1)c1c[nH]c(=O)n(Cc2ccco2)c1=O. The maximum Gasteiger partial charge on any atom is 0.328 e. The van der Waals surface area contributed by atoms with Gasteiger partial charge in [0.2, 0.25) is 0 Å². The fraction of sp³-hybridized carbons (Fsp3) is 0.167. The first-order chi connectivity index (χ1) is 12.5. The van der Waals surface area contributed by atoms with Crippen LogP contribution in [0.4, 0.5) is 0 Å². The minimum absolute atomic E-state index is 0.0486. The first-order valence-electron chi connectivity index (χ1n) is 7.92. The minimum Gasteiger partial charge on any atom is -0.467 e. The molecule has 0 fully saturated rings. The zero-order valence-electron chi connectivity index (χ0n) is 13.7. The monoisotopic (exact) mass is 373 g/mol. The van der Waals surface area contributed by atoms with E-state index in [0.29, 0.717) is 23.7 Å². The van der Waals surface area contributed by atoms with Gasteiger partial charge in [-0.25, -0.2) is 4.79 Å². The number of rotatable bonds is 6. The third kappa shape index (κ3) is 4.12. The van der Waals surface area contributed by atoms with Crippen LogP contribution in [0.15, 0.2) is 62.9 Å². The summed E-state index contributed by atoms with van der Waals surface area (Å²) in [6.07, 6.45) is 3.16. The molecule has 0 aliphatic heterocycles. The van der Waals surface area contributed by atoms with Crippen molar-refractivity contribution in [3.05, 3.63) is 91.6 Å². The van der Waals surface area contributed by atoms with Crippen molar-refractivity contribution in [1.82, 2.24) is 14.9 Å². The summed E-state index contributed by atoms with van der Waals surface area (Å²) < 4.78 is 6.07. The summed E-state index contributed by atoms with van der Waals surface area (Å²) in [5.74, 6) is -0.105. The van der Waals surface area contributed by atoms with Gasteiger partial charge in [-0.2, -0.15) is 0 Å². The number of hydrogen-bond donors (Lipinski definition) is 2. The number of carbonyl (C=O) groups excluding carboxylic acids is 1. The molecule has 0 atom stereocenters. The molecule has 2 N–H and O–H groups in total. The minimum atomic E-state index is -0.672. The fourth-order valence-electron chi connectivity index (χ4n) is 2.44. The molecular formula is C18H16ClN3O4. The van der Waals surface area contributed by atoms with Crippen LogP contribution in [0, 0.1) is 0 Å². The highest BCUT2D eigenvalue weighted by Crippen LogP contribution is 2.09. The molecule has 0 radical (unpaired) electrons. The highest BCUT2D eigenvalue weighted by molar-refractivity contribution is 6.30. The predicted octanol–water partition coefficient (Wildman–Crippen LogP) is 1.80. The highest BCUT2D eigenvalue weighted by atomic mass is 35.5. The number of carbonyl (C=O) groups is 1. The van der Waals surface area contributed by atoms with Crippen LogP contribution in [-0.2, 0) is 13.0 Å². The van der Waals surface area contributed by atoms with Crippen molar-refractivity contribution >= 4 is 17.5 Å². The zero-order valence-corrected chi connectivity index (χ0v) is 14.5. The van der Waals surface area contributed by atoms with E-state index in [9.17, 15) is 14.4 Å². The third-order valence-corrected chi connectivity index (χ3v) is 4.06. The van der Waals surface area contributed by atoms with E-state index in [1.165, 1.54) is 6.26 Å². The Morgan fingerprint density at radius 3 is 2.65 bits per heavy atom. The molecule has 0 saturated heterocycles. The van der Waals surface area contributed by atoms with Crippen molar-refractivity contribution in [2.45, 2.75) is 13.0 Å². The number of hydrogen-bond acceptors (Lipinski definition) is 4. The molecule has 8 heteroatoms. The average Bonchev–Trinajstić information content (AvgIpc) is 3.13. The smallest absolute Gasteiger partial charge is 0.328 e. The molecule has 1 amide bonds. The van der Waals surface area contributed by atoms with Crippen molar-refractivity contribution in [1.29, 1.82) is 0 Å². The quantitative estimate of drug-likeness (QED) is 0.688. The standard InChI is InChI=1S/C18H16ClN3O4/c19-13-5-3-12(4-6-13)7-8-20-16(23)15-10-21-18(25)22(17(15)24)11-14-2-1-9-26-14/h1-6,9-10H,7-8,11H2,(H,20,23)(H,21,25).